The molecule has 0 radical (unpaired) electrons. The van der Waals surface area contributed by atoms with Crippen molar-refractivity contribution in [2.24, 2.45) is 11.3 Å². The van der Waals surface area contributed by atoms with Gasteiger partial charge in [0, 0.05) is 43.1 Å². The highest BCUT2D eigenvalue weighted by molar-refractivity contribution is 5.81. The summed E-state index contributed by atoms with van der Waals surface area (Å²) in [7, 11) is 0. The van der Waals surface area contributed by atoms with E-state index in [4.69, 9.17) is 4.52 Å². The summed E-state index contributed by atoms with van der Waals surface area (Å²) in [5.74, 6) is 1.72. The molecule has 2 saturated heterocycles. The fraction of sp³-hybridized carbons (Fsp3) is 0.778. The molecule has 1 unspecified atom stereocenters. The number of carbonyl (C=O) groups is 1. The first-order valence-electron chi connectivity index (χ1n) is 8.99. The molecule has 1 atom stereocenters. The summed E-state index contributed by atoms with van der Waals surface area (Å²) >= 11 is 0. The van der Waals surface area contributed by atoms with E-state index in [0.717, 1.165) is 57.0 Å². The molecule has 0 N–H and O–H groups in total. The van der Waals surface area contributed by atoms with Crippen LogP contribution in [0, 0.1) is 25.2 Å². The number of hydrogen-bond acceptors (Lipinski definition) is 4. The lowest BCUT2D eigenvalue weighted by atomic mass is 9.79. The molecule has 5 heteroatoms. The zero-order valence-corrected chi connectivity index (χ0v) is 14.3. The number of piperidine rings is 1. The minimum Gasteiger partial charge on any atom is -0.361 e. The lowest BCUT2D eigenvalue weighted by Crippen LogP contribution is -2.45. The van der Waals surface area contributed by atoms with Crippen molar-refractivity contribution in [2.45, 2.75) is 52.5 Å². The van der Waals surface area contributed by atoms with Crippen molar-refractivity contribution in [1.82, 2.24) is 15.0 Å². The molecule has 23 heavy (non-hydrogen) atoms. The Labute approximate surface area is 138 Å². The van der Waals surface area contributed by atoms with Crippen LogP contribution in [0.2, 0.25) is 0 Å². The van der Waals surface area contributed by atoms with E-state index in [0.29, 0.717) is 17.2 Å². The second kappa shape index (κ2) is 5.62. The van der Waals surface area contributed by atoms with Crippen LogP contribution >= 0.6 is 0 Å². The SMILES string of the molecule is Cc1noc(C)c1CN1CCCC2(CCN(C(=O)C3CC3)C2)C1. The fourth-order valence-electron chi connectivity index (χ4n) is 4.44. The predicted octanol–water partition coefficient (Wildman–Crippen LogP) is 2.52. The standard InChI is InChI=1S/C18H27N3O2/c1-13-16(14(2)23-19-13)10-20-8-3-6-18(11-20)7-9-21(12-18)17(22)15-4-5-15/h15H,3-12H2,1-2H3. The predicted molar refractivity (Wildman–Crippen MR) is 86.8 cm³/mol. The third-order valence-electron chi connectivity index (χ3n) is 5.98. The maximum atomic E-state index is 12.4. The average molecular weight is 317 g/mol. The van der Waals surface area contributed by atoms with E-state index in [2.05, 4.69) is 15.0 Å². The van der Waals surface area contributed by atoms with Gasteiger partial charge in [-0.2, -0.15) is 0 Å². The van der Waals surface area contributed by atoms with Crippen molar-refractivity contribution >= 4 is 5.91 Å². The number of carbonyl (C=O) groups excluding carboxylic acids is 1. The summed E-state index contributed by atoms with van der Waals surface area (Å²) < 4.78 is 5.31. The van der Waals surface area contributed by atoms with Crippen LogP contribution in [-0.4, -0.2) is 47.0 Å². The van der Waals surface area contributed by atoms with Crippen LogP contribution in [0.15, 0.2) is 4.52 Å². The highest BCUT2D eigenvalue weighted by atomic mass is 16.5. The topological polar surface area (TPSA) is 49.6 Å². The maximum absolute atomic E-state index is 12.4. The van der Waals surface area contributed by atoms with Gasteiger partial charge in [0.2, 0.25) is 5.91 Å². The summed E-state index contributed by atoms with van der Waals surface area (Å²) in [4.78, 5) is 17.0. The third kappa shape index (κ3) is 2.91. The number of aromatic nitrogens is 1. The molecule has 3 heterocycles. The third-order valence-corrected chi connectivity index (χ3v) is 5.98. The molecule has 1 aromatic rings. The molecule has 1 spiro atoms. The molecular weight excluding hydrogens is 290 g/mol. The number of amides is 1. The molecule has 0 aromatic carbocycles. The molecule has 4 rings (SSSR count). The van der Waals surface area contributed by atoms with Crippen molar-refractivity contribution in [2.75, 3.05) is 26.2 Å². The highest BCUT2D eigenvalue weighted by Gasteiger charge is 2.45. The van der Waals surface area contributed by atoms with Crippen LogP contribution in [0.4, 0.5) is 0 Å². The summed E-state index contributed by atoms with van der Waals surface area (Å²) in [5, 5.41) is 4.08. The second-order valence-electron chi connectivity index (χ2n) is 7.90. The van der Waals surface area contributed by atoms with Gasteiger partial charge in [-0.05, 0) is 52.5 Å². The molecule has 2 aliphatic heterocycles. The maximum Gasteiger partial charge on any atom is 0.225 e. The number of nitrogens with zero attached hydrogens (tertiary/aromatic N) is 3. The molecule has 3 aliphatic rings. The molecule has 1 amide bonds. The monoisotopic (exact) mass is 317 g/mol. The summed E-state index contributed by atoms with van der Waals surface area (Å²) in [5.41, 5.74) is 2.58. The molecule has 1 aromatic heterocycles. The van der Waals surface area contributed by atoms with Gasteiger partial charge in [0.25, 0.3) is 0 Å². The molecule has 0 bridgehead atoms. The molecule has 126 valence electrons. The van der Waals surface area contributed by atoms with Crippen LogP contribution in [0.1, 0.15) is 49.1 Å². The lowest BCUT2D eigenvalue weighted by Gasteiger charge is -2.40. The van der Waals surface area contributed by atoms with Gasteiger partial charge in [0.05, 0.1) is 5.69 Å². The first-order valence-corrected chi connectivity index (χ1v) is 8.99. The number of likely N-dealkylation sites (tertiary alicyclic amines) is 2. The van der Waals surface area contributed by atoms with E-state index in [9.17, 15) is 4.79 Å². The highest BCUT2D eigenvalue weighted by Crippen LogP contribution is 2.41. The van der Waals surface area contributed by atoms with Crippen molar-refractivity contribution in [1.29, 1.82) is 0 Å². The van der Waals surface area contributed by atoms with Gasteiger partial charge in [-0.15, -0.1) is 0 Å². The molecule has 1 aliphatic carbocycles. The molecule has 1 saturated carbocycles. The summed E-state index contributed by atoms with van der Waals surface area (Å²) in [6.07, 6.45) is 5.89. The molecule has 5 nitrogen and oxygen atoms in total. The van der Waals surface area contributed by atoms with Gasteiger partial charge in [-0.1, -0.05) is 5.16 Å². The molecule has 3 fully saturated rings. The Balaban J connectivity index is 1.42. The van der Waals surface area contributed by atoms with E-state index in [1.54, 1.807) is 0 Å². The van der Waals surface area contributed by atoms with Gasteiger partial charge in [-0.25, -0.2) is 0 Å². The normalized spacial score (nSPS) is 28.7. The van der Waals surface area contributed by atoms with Gasteiger partial charge >= 0.3 is 0 Å². The van der Waals surface area contributed by atoms with Crippen LogP contribution in [0.5, 0.6) is 0 Å². The van der Waals surface area contributed by atoms with Crippen LogP contribution in [0.3, 0.4) is 0 Å². The van der Waals surface area contributed by atoms with Gasteiger partial charge in [0.15, 0.2) is 0 Å². The number of aryl methyl sites for hydroxylation is 2. The molecular formula is C18H27N3O2. The average Bonchev–Trinajstić information content (AvgIpc) is 3.25. The minimum absolute atomic E-state index is 0.321. The van der Waals surface area contributed by atoms with Crippen LogP contribution < -0.4 is 0 Å². The van der Waals surface area contributed by atoms with Crippen LogP contribution in [-0.2, 0) is 11.3 Å². The zero-order valence-electron chi connectivity index (χ0n) is 14.3. The minimum atomic E-state index is 0.321. The Morgan fingerprint density at radius 2 is 2.09 bits per heavy atom. The van der Waals surface area contributed by atoms with E-state index in [1.165, 1.54) is 24.8 Å². The quantitative estimate of drug-likeness (QED) is 0.859. The van der Waals surface area contributed by atoms with E-state index in [1.807, 2.05) is 13.8 Å². The van der Waals surface area contributed by atoms with Gasteiger partial charge in [0.1, 0.15) is 5.76 Å². The van der Waals surface area contributed by atoms with Crippen molar-refractivity contribution in [3.63, 3.8) is 0 Å². The Morgan fingerprint density at radius 1 is 1.26 bits per heavy atom. The Morgan fingerprint density at radius 3 is 2.78 bits per heavy atom. The Bertz CT molecular complexity index is 588. The smallest absolute Gasteiger partial charge is 0.225 e. The van der Waals surface area contributed by atoms with Gasteiger partial charge < -0.3 is 9.42 Å². The fourth-order valence-corrected chi connectivity index (χ4v) is 4.44. The first kappa shape index (κ1) is 15.2. The van der Waals surface area contributed by atoms with E-state index in [-0.39, 0.29) is 0 Å². The van der Waals surface area contributed by atoms with Crippen molar-refractivity contribution < 1.29 is 9.32 Å². The zero-order chi connectivity index (χ0) is 16.0. The Kier molecular flexibility index (Phi) is 3.71. The van der Waals surface area contributed by atoms with Crippen molar-refractivity contribution in [3.05, 3.63) is 17.0 Å². The lowest BCUT2D eigenvalue weighted by molar-refractivity contribution is -0.132. The second-order valence-corrected chi connectivity index (χ2v) is 7.90. The first-order chi connectivity index (χ1) is 11.1. The largest absolute Gasteiger partial charge is 0.361 e. The van der Waals surface area contributed by atoms with Crippen LogP contribution in [0.25, 0.3) is 0 Å². The van der Waals surface area contributed by atoms with Crippen molar-refractivity contribution in [3.8, 4) is 0 Å². The Hall–Kier alpha value is -1.36. The number of hydrogen-bond donors (Lipinski definition) is 0. The van der Waals surface area contributed by atoms with E-state index < -0.39 is 0 Å². The van der Waals surface area contributed by atoms with Gasteiger partial charge in [-0.3, -0.25) is 9.69 Å². The van der Waals surface area contributed by atoms with E-state index >= 15 is 0 Å². The summed E-state index contributed by atoms with van der Waals surface area (Å²) in [6.45, 7) is 9.14. The number of rotatable bonds is 3. The summed E-state index contributed by atoms with van der Waals surface area (Å²) in [6, 6.07) is 0.